The van der Waals surface area contributed by atoms with Gasteiger partial charge in [0.15, 0.2) is 0 Å². The Morgan fingerprint density at radius 2 is 1.92 bits per heavy atom. The van der Waals surface area contributed by atoms with Gasteiger partial charge in [-0.2, -0.15) is 0 Å². The first-order valence-electron chi connectivity index (χ1n) is 5.50. The van der Waals surface area contributed by atoms with Crippen LogP contribution in [0.4, 0.5) is 0 Å². The molecule has 0 aliphatic heterocycles. The Bertz CT molecular complexity index is 123. The number of aliphatic hydroxyl groups is 1. The maximum atomic E-state index is 10.1. The first-order chi connectivity index (χ1) is 6.04. The summed E-state index contributed by atoms with van der Waals surface area (Å²) in [6, 6.07) is 0.189. The molecule has 0 rings (SSSR count). The first-order valence-corrected chi connectivity index (χ1v) is 5.50. The zero-order valence-corrected chi connectivity index (χ0v) is 9.56. The lowest BCUT2D eigenvalue weighted by Gasteiger charge is -2.30. The molecular formula is C11H25NO. The summed E-state index contributed by atoms with van der Waals surface area (Å²) in [5.41, 5.74) is -0.550. The Hall–Kier alpha value is -0.0800. The van der Waals surface area contributed by atoms with Crippen LogP contribution in [0.3, 0.4) is 0 Å². The minimum atomic E-state index is -0.550. The Morgan fingerprint density at radius 1 is 1.31 bits per heavy atom. The molecule has 0 heterocycles. The van der Waals surface area contributed by atoms with Gasteiger partial charge in [0.1, 0.15) is 0 Å². The SMILES string of the molecule is CCCCCC(C)(O)C(C)NCC. The molecule has 0 aromatic rings. The molecule has 13 heavy (non-hydrogen) atoms. The molecule has 2 heteroatoms. The van der Waals surface area contributed by atoms with E-state index >= 15 is 0 Å². The largest absolute Gasteiger partial charge is 0.389 e. The second-order valence-electron chi connectivity index (χ2n) is 4.09. The average Bonchev–Trinajstić information content (AvgIpc) is 2.05. The lowest BCUT2D eigenvalue weighted by Crippen LogP contribution is -2.46. The predicted octanol–water partition coefficient (Wildman–Crippen LogP) is 2.32. The number of nitrogens with one attached hydrogen (secondary N) is 1. The van der Waals surface area contributed by atoms with Crippen molar-refractivity contribution in [2.75, 3.05) is 6.54 Å². The van der Waals surface area contributed by atoms with Gasteiger partial charge in [-0.25, -0.2) is 0 Å². The second-order valence-corrected chi connectivity index (χ2v) is 4.09. The molecule has 2 nitrogen and oxygen atoms in total. The van der Waals surface area contributed by atoms with Crippen LogP contribution in [0.25, 0.3) is 0 Å². The summed E-state index contributed by atoms with van der Waals surface area (Å²) < 4.78 is 0. The monoisotopic (exact) mass is 187 g/mol. The van der Waals surface area contributed by atoms with Crippen molar-refractivity contribution in [3.05, 3.63) is 0 Å². The third-order valence-corrected chi connectivity index (χ3v) is 2.73. The lowest BCUT2D eigenvalue weighted by atomic mass is 9.91. The van der Waals surface area contributed by atoms with Gasteiger partial charge >= 0.3 is 0 Å². The lowest BCUT2D eigenvalue weighted by molar-refractivity contribution is 0.0156. The minimum absolute atomic E-state index is 0.189. The molecule has 80 valence electrons. The van der Waals surface area contributed by atoms with Crippen molar-refractivity contribution in [2.45, 2.75) is 65.0 Å². The molecule has 2 N–H and O–H groups in total. The van der Waals surface area contributed by atoms with E-state index < -0.39 is 5.60 Å². The maximum Gasteiger partial charge on any atom is 0.0769 e. The van der Waals surface area contributed by atoms with Gasteiger partial charge in [-0.05, 0) is 26.8 Å². The number of hydrogen-bond donors (Lipinski definition) is 2. The highest BCUT2D eigenvalue weighted by Crippen LogP contribution is 2.18. The maximum absolute atomic E-state index is 10.1. The van der Waals surface area contributed by atoms with Gasteiger partial charge in [0.2, 0.25) is 0 Å². The average molecular weight is 187 g/mol. The third-order valence-electron chi connectivity index (χ3n) is 2.73. The Morgan fingerprint density at radius 3 is 2.38 bits per heavy atom. The van der Waals surface area contributed by atoms with Crippen molar-refractivity contribution in [1.29, 1.82) is 0 Å². The van der Waals surface area contributed by atoms with E-state index in [1.807, 2.05) is 6.92 Å². The molecule has 0 spiro atoms. The van der Waals surface area contributed by atoms with E-state index in [0.29, 0.717) is 0 Å². The highest BCUT2D eigenvalue weighted by atomic mass is 16.3. The summed E-state index contributed by atoms with van der Waals surface area (Å²) >= 11 is 0. The molecule has 0 aliphatic carbocycles. The quantitative estimate of drug-likeness (QED) is 0.599. The van der Waals surface area contributed by atoms with Crippen molar-refractivity contribution < 1.29 is 5.11 Å². The molecule has 0 aliphatic rings. The predicted molar refractivity (Wildman–Crippen MR) is 57.9 cm³/mol. The van der Waals surface area contributed by atoms with Crippen LogP contribution in [0.1, 0.15) is 53.4 Å². The zero-order valence-electron chi connectivity index (χ0n) is 9.56. The van der Waals surface area contributed by atoms with Crippen molar-refractivity contribution in [2.24, 2.45) is 0 Å². The van der Waals surface area contributed by atoms with Gasteiger partial charge in [-0.1, -0.05) is 33.1 Å². The van der Waals surface area contributed by atoms with Gasteiger partial charge in [-0.15, -0.1) is 0 Å². The molecule has 0 bridgehead atoms. The molecule has 2 unspecified atom stereocenters. The molecule has 0 saturated heterocycles. The van der Waals surface area contributed by atoms with Crippen molar-refractivity contribution in [3.63, 3.8) is 0 Å². The topological polar surface area (TPSA) is 32.3 Å². The van der Waals surface area contributed by atoms with Crippen LogP contribution >= 0.6 is 0 Å². The van der Waals surface area contributed by atoms with Gasteiger partial charge in [-0.3, -0.25) is 0 Å². The zero-order chi connectivity index (χ0) is 10.3. The fraction of sp³-hybridized carbons (Fsp3) is 1.00. The van der Waals surface area contributed by atoms with E-state index in [0.717, 1.165) is 19.4 Å². The summed E-state index contributed by atoms with van der Waals surface area (Å²) in [5, 5.41) is 13.3. The highest BCUT2D eigenvalue weighted by Gasteiger charge is 2.26. The molecule has 0 fully saturated rings. The Kier molecular flexibility index (Phi) is 6.35. The molecular weight excluding hydrogens is 162 g/mol. The van der Waals surface area contributed by atoms with Crippen molar-refractivity contribution in [3.8, 4) is 0 Å². The van der Waals surface area contributed by atoms with E-state index in [2.05, 4.69) is 26.1 Å². The van der Waals surface area contributed by atoms with Gasteiger partial charge in [0.05, 0.1) is 5.60 Å². The summed E-state index contributed by atoms with van der Waals surface area (Å²) in [5.74, 6) is 0. The normalized spacial score (nSPS) is 18.2. The van der Waals surface area contributed by atoms with Crippen LogP contribution < -0.4 is 5.32 Å². The summed E-state index contributed by atoms with van der Waals surface area (Å²) in [4.78, 5) is 0. The van der Waals surface area contributed by atoms with Gasteiger partial charge < -0.3 is 10.4 Å². The van der Waals surface area contributed by atoms with Crippen LogP contribution in [-0.2, 0) is 0 Å². The smallest absolute Gasteiger partial charge is 0.0769 e. The number of unbranched alkanes of at least 4 members (excludes halogenated alkanes) is 2. The van der Waals surface area contributed by atoms with Gasteiger partial charge in [0, 0.05) is 6.04 Å². The molecule has 0 saturated carbocycles. The van der Waals surface area contributed by atoms with Crippen LogP contribution in [0, 0.1) is 0 Å². The van der Waals surface area contributed by atoms with E-state index in [1.54, 1.807) is 0 Å². The minimum Gasteiger partial charge on any atom is -0.389 e. The summed E-state index contributed by atoms with van der Waals surface area (Å²) in [7, 11) is 0. The fourth-order valence-corrected chi connectivity index (χ4v) is 1.48. The van der Waals surface area contributed by atoms with Crippen LogP contribution in [0.15, 0.2) is 0 Å². The van der Waals surface area contributed by atoms with E-state index in [4.69, 9.17) is 0 Å². The standard InChI is InChI=1S/C11H25NO/c1-5-7-8-9-11(4,13)10(3)12-6-2/h10,12-13H,5-9H2,1-4H3. The Labute approximate surface area is 82.7 Å². The number of hydrogen-bond acceptors (Lipinski definition) is 2. The van der Waals surface area contributed by atoms with Crippen LogP contribution in [-0.4, -0.2) is 23.3 Å². The van der Waals surface area contributed by atoms with E-state index in [9.17, 15) is 5.11 Å². The first kappa shape index (κ1) is 12.9. The summed E-state index contributed by atoms with van der Waals surface area (Å²) in [6.45, 7) is 9.15. The molecule has 2 atom stereocenters. The number of rotatable bonds is 7. The van der Waals surface area contributed by atoms with E-state index in [-0.39, 0.29) is 6.04 Å². The van der Waals surface area contributed by atoms with Crippen molar-refractivity contribution >= 4 is 0 Å². The molecule has 0 radical (unpaired) electrons. The van der Waals surface area contributed by atoms with Crippen LogP contribution in [0.2, 0.25) is 0 Å². The molecule has 0 aromatic carbocycles. The van der Waals surface area contributed by atoms with E-state index in [1.165, 1.54) is 12.8 Å². The van der Waals surface area contributed by atoms with Crippen LogP contribution in [0.5, 0.6) is 0 Å². The molecule has 0 aromatic heterocycles. The Balaban J connectivity index is 3.76. The van der Waals surface area contributed by atoms with Crippen molar-refractivity contribution in [1.82, 2.24) is 5.32 Å². The van der Waals surface area contributed by atoms with Gasteiger partial charge in [0.25, 0.3) is 0 Å². The summed E-state index contributed by atoms with van der Waals surface area (Å²) in [6.07, 6.45) is 4.45. The highest BCUT2D eigenvalue weighted by molar-refractivity contribution is 4.83. The fourth-order valence-electron chi connectivity index (χ4n) is 1.48. The number of likely N-dealkylation sites (N-methyl/N-ethyl adjacent to an activating group) is 1. The third kappa shape index (κ3) is 5.27. The second kappa shape index (κ2) is 6.39. The molecule has 0 amide bonds.